The fraction of sp³-hybridized carbons (Fsp3) is 0.800. The van der Waals surface area contributed by atoms with Gasteiger partial charge in [0.25, 0.3) is 0 Å². The summed E-state index contributed by atoms with van der Waals surface area (Å²) in [5, 5.41) is 55.0. The van der Waals surface area contributed by atoms with Crippen molar-refractivity contribution in [3.8, 4) is 0 Å². The highest BCUT2D eigenvalue weighted by atomic mass is 16.7. The summed E-state index contributed by atoms with van der Waals surface area (Å²) in [5.74, 6) is -7.28. The number of Topliss-reactive ketones (excluding diaryl/α,β-unsaturated/α-hetero) is 2. The first-order valence-corrected chi connectivity index (χ1v) is 21.2. The van der Waals surface area contributed by atoms with E-state index in [9.17, 15) is 39.9 Å². The van der Waals surface area contributed by atoms with Crippen molar-refractivity contribution in [3.05, 3.63) is 36.5 Å². The molecule has 11 nitrogen and oxygen atoms in total. The molecule has 0 unspecified atom stereocenters. The Bertz CT molecular complexity index is 1390. The zero-order valence-electron chi connectivity index (χ0n) is 35.8. The predicted octanol–water partition coefficient (Wildman–Crippen LogP) is 5.88. The number of hydrogen-bond acceptors (Lipinski definition) is 11. The molecule has 2 fully saturated rings. The van der Waals surface area contributed by atoms with Crippen LogP contribution in [-0.4, -0.2) is 97.2 Å². The number of ether oxygens (including phenoxy) is 3. The van der Waals surface area contributed by atoms with E-state index in [0.717, 1.165) is 19.3 Å². The molecule has 0 amide bonds. The van der Waals surface area contributed by atoms with Crippen molar-refractivity contribution >= 4 is 17.5 Å². The van der Waals surface area contributed by atoms with Crippen LogP contribution >= 0.6 is 0 Å². The molecule has 3 aliphatic rings. The second kappa shape index (κ2) is 20.6. The summed E-state index contributed by atoms with van der Waals surface area (Å²) in [5.41, 5.74) is -2.18. The van der Waals surface area contributed by atoms with Gasteiger partial charge >= 0.3 is 5.97 Å². The van der Waals surface area contributed by atoms with Crippen LogP contribution in [0.3, 0.4) is 0 Å². The topological polar surface area (TPSA) is 180 Å². The van der Waals surface area contributed by atoms with Crippen LogP contribution in [0.15, 0.2) is 36.5 Å². The zero-order valence-corrected chi connectivity index (χ0v) is 35.8. The first-order valence-electron chi connectivity index (χ1n) is 21.2. The highest BCUT2D eigenvalue weighted by molar-refractivity contribution is 5.91. The summed E-state index contributed by atoms with van der Waals surface area (Å²) < 4.78 is 20.0. The second-order valence-electron chi connectivity index (χ2n) is 18.0. The third-order valence-corrected chi connectivity index (χ3v) is 13.4. The number of allylic oxidation sites excluding steroid dienone is 4. The molecule has 5 N–H and O–H groups in total. The molecule has 320 valence electrons. The lowest BCUT2D eigenvalue weighted by Crippen LogP contribution is -2.62. The number of aliphatic hydroxyl groups is 5. The van der Waals surface area contributed by atoms with Crippen molar-refractivity contribution < 1.29 is 54.1 Å². The Morgan fingerprint density at radius 1 is 0.839 bits per heavy atom. The summed E-state index contributed by atoms with van der Waals surface area (Å²) in [6.45, 7) is 19.1. The van der Waals surface area contributed by atoms with Crippen LogP contribution in [0.2, 0.25) is 0 Å². The van der Waals surface area contributed by atoms with Crippen molar-refractivity contribution in [2.45, 2.75) is 175 Å². The molecule has 1 spiro atoms. The van der Waals surface area contributed by atoms with E-state index >= 15 is 0 Å². The zero-order chi connectivity index (χ0) is 42.3. The van der Waals surface area contributed by atoms with Gasteiger partial charge in [0.2, 0.25) is 0 Å². The Hall–Kier alpha value is -2.25. The van der Waals surface area contributed by atoms with Gasteiger partial charge in [0.05, 0.1) is 36.6 Å². The van der Waals surface area contributed by atoms with Gasteiger partial charge in [-0.05, 0) is 70.1 Å². The summed E-state index contributed by atoms with van der Waals surface area (Å²) in [6, 6.07) is 0. The third-order valence-electron chi connectivity index (χ3n) is 13.4. The highest BCUT2D eigenvalue weighted by Crippen LogP contribution is 2.49. The van der Waals surface area contributed by atoms with E-state index in [2.05, 4.69) is 19.9 Å². The van der Waals surface area contributed by atoms with Crippen LogP contribution in [0.5, 0.6) is 0 Å². The molecule has 0 aromatic carbocycles. The number of ketones is 2. The van der Waals surface area contributed by atoms with Gasteiger partial charge in [0.1, 0.15) is 17.5 Å². The summed E-state index contributed by atoms with van der Waals surface area (Å²) in [4.78, 5) is 40.5. The van der Waals surface area contributed by atoms with Gasteiger partial charge < -0.3 is 39.7 Å². The molecule has 0 aromatic rings. The van der Waals surface area contributed by atoms with Gasteiger partial charge in [0.15, 0.2) is 11.6 Å². The number of carbonyl (C=O) groups excluding carboxylic acids is 3. The molecular weight excluding hydrogens is 716 g/mol. The Balaban J connectivity index is 1.99. The maximum atomic E-state index is 13.5. The number of rotatable bonds is 3. The lowest BCUT2D eigenvalue weighted by molar-refractivity contribution is -0.371. The Morgan fingerprint density at radius 2 is 1.48 bits per heavy atom. The smallest absolute Gasteiger partial charge is 0.330 e. The monoisotopic (exact) mass is 791 g/mol. The van der Waals surface area contributed by atoms with E-state index in [1.165, 1.54) is 39.8 Å². The molecular formula is C45H74O11. The maximum absolute atomic E-state index is 13.5. The standard InChI is InChI=1S/C45H74O11/c1-12-34-17-15-13-14-16-27(4)42(51)44(11,53)43(52)32(9)40(50)31(8)39(49)30(7)38(48)26(3)18-21-37(47)54-41-29(6)35(20-19-34)55-45(33(41)10)23-22-25(2)36(56-45)24-28(5)46/h13-15,17-18,21,25-36,38,40-42,46,48,50-51,53H,12,16,19-20,22-24H2,1-11H3/t25-,26-,27+,28+,29+,30-,31-,32-,33-,34-,35-,36-,38+,40+,41+,42-,44+,45-/m0/s1. The number of esters is 1. The quantitative estimate of drug-likeness (QED) is 0.216. The molecule has 0 aliphatic carbocycles. The predicted molar refractivity (Wildman–Crippen MR) is 215 cm³/mol. The molecule has 0 saturated carbocycles. The number of aliphatic hydroxyl groups excluding tert-OH is 4. The van der Waals surface area contributed by atoms with Crippen molar-refractivity contribution in [1.29, 1.82) is 0 Å². The minimum Gasteiger partial charge on any atom is -0.458 e. The molecule has 56 heavy (non-hydrogen) atoms. The second-order valence-corrected chi connectivity index (χ2v) is 18.0. The number of carbonyl (C=O) groups is 3. The maximum Gasteiger partial charge on any atom is 0.330 e. The molecule has 3 aliphatic heterocycles. The first kappa shape index (κ1) is 48.1. The molecule has 0 radical (unpaired) electrons. The number of fused-ring (bicyclic) bond motifs is 2. The molecule has 3 rings (SSSR count). The average molecular weight is 791 g/mol. The molecule has 2 bridgehead atoms. The van der Waals surface area contributed by atoms with Crippen molar-refractivity contribution in [2.24, 2.45) is 53.3 Å². The van der Waals surface area contributed by atoms with Gasteiger partial charge in [-0.2, -0.15) is 0 Å². The van der Waals surface area contributed by atoms with E-state index in [1.54, 1.807) is 20.8 Å². The van der Waals surface area contributed by atoms with E-state index in [0.29, 0.717) is 25.7 Å². The molecule has 0 aromatic heterocycles. The van der Waals surface area contributed by atoms with Crippen LogP contribution in [0.1, 0.15) is 121 Å². The highest BCUT2D eigenvalue weighted by Gasteiger charge is 2.56. The fourth-order valence-electron chi connectivity index (χ4n) is 9.01. The van der Waals surface area contributed by atoms with Gasteiger partial charge in [-0.15, -0.1) is 0 Å². The minimum absolute atomic E-state index is 0.168. The van der Waals surface area contributed by atoms with Crippen LogP contribution in [0.4, 0.5) is 0 Å². The first-order chi connectivity index (χ1) is 26.1. The Kier molecular flexibility index (Phi) is 17.7. The van der Waals surface area contributed by atoms with Crippen LogP contribution in [-0.2, 0) is 28.6 Å². The summed E-state index contributed by atoms with van der Waals surface area (Å²) in [6.07, 6.45) is 9.62. The van der Waals surface area contributed by atoms with Gasteiger partial charge in [0, 0.05) is 48.0 Å². The number of hydrogen-bond donors (Lipinski definition) is 5. The van der Waals surface area contributed by atoms with Crippen LogP contribution in [0.25, 0.3) is 0 Å². The lowest BCUT2D eigenvalue weighted by atomic mass is 9.74. The van der Waals surface area contributed by atoms with Gasteiger partial charge in [-0.1, -0.05) is 92.7 Å². The lowest BCUT2D eigenvalue weighted by Gasteiger charge is -2.55. The SMILES string of the molecule is CC[C@H]1C=CC=CC[C@@H](C)[C@H](O)[C@@](C)(O)C(=O)[C@@H](C)[C@H](O)[C@@H](C)C(=O)[C@@H](C)[C@H](O)[C@@H](C)C=CC(=O)O[C@@H]2[C@H](C)[C@H](CC1)O[C@]1(CC[C@H](C)[C@H](C[C@@H](C)O)O1)[C@H]2C. The van der Waals surface area contributed by atoms with Crippen molar-refractivity contribution in [2.75, 3.05) is 0 Å². The summed E-state index contributed by atoms with van der Waals surface area (Å²) in [7, 11) is 0. The van der Waals surface area contributed by atoms with Crippen LogP contribution in [0, 0.1) is 53.3 Å². The van der Waals surface area contributed by atoms with E-state index in [4.69, 9.17) is 14.2 Å². The third kappa shape index (κ3) is 11.5. The van der Waals surface area contributed by atoms with Gasteiger partial charge in [-0.25, -0.2) is 4.79 Å². The fourth-order valence-corrected chi connectivity index (χ4v) is 9.01. The molecule has 2 saturated heterocycles. The molecule has 3 heterocycles. The average Bonchev–Trinajstić information content (AvgIpc) is 3.16. The summed E-state index contributed by atoms with van der Waals surface area (Å²) >= 11 is 0. The van der Waals surface area contributed by atoms with E-state index in [-0.39, 0.29) is 35.9 Å². The normalized spacial score (nSPS) is 45.1. The van der Waals surface area contributed by atoms with Crippen molar-refractivity contribution in [3.63, 3.8) is 0 Å². The van der Waals surface area contributed by atoms with Crippen molar-refractivity contribution in [1.82, 2.24) is 0 Å². The molecule has 11 heteroatoms. The van der Waals surface area contributed by atoms with E-state index in [1.807, 2.05) is 32.1 Å². The van der Waals surface area contributed by atoms with E-state index < -0.39 is 89.0 Å². The van der Waals surface area contributed by atoms with Crippen LogP contribution < -0.4 is 0 Å². The molecule has 18 atom stereocenters. The Labute approximate surface area is 336 Å². The Morgan fingerprint density at radius 3 is 2.11 bits per heavy atom. The minimum atomic E-state index is -2.18. The van der Waals surface area contributed by atoms with Gasteiger partial charge in [-0.3, -0.25) is 9.59 Å². The largest absolute Gasteiger partial charge is 0.458 e.